The first-order valence-corrected chi connectivity index (χ1v) is 5.92. The third kappa shape index (κ3) is 2.11. The topological polar surface area (TPSA) is 48.9 Å². The van der Waals surface area contributed by atoms with Crippen LogP contribution >= 0.6 is 11.3 Å². The van der Waals surface area contributed by atoms with E-state index in [0.717, 1.165) is 22.7 Å². The van der Waals surface area contributed by atoms with Gasteiger partial charge in [-0.1, -0.05) is 6.92 Å². The lowest BCUT2D eigenvalue weighted by molar-refractivity contribution is 0.260. The standard InChI is InChI=1S/C11H14N2OS/c1-2-8(6-14)10-7-15-11(13-10)9-3-4-12-5-9/h3-5,7-8,12,14H,2,6H2,1H3. The van der Waals surface area contributed by atoms with E-state index in [1.807, 2.05) is 23.8 Å². The van der Waals surface area contributed by atoms with Crippen molar-refractivity contribution in [2.45, 2.75) is 19.3 Å². The Morgan fingerprint density at radius 1 is 1.60 bits per heavy atom. The van der Waals surface area contributed by atoms with Gasteiger partial charge in [0.05, 0.1) is 12.3 Å². The fourth-order valence-electron chi connectivity index (χ4n) is 1.49. The fourth-order valence-corrected chi connectivity index (χ4v) is 2.39. The Labute approximate surface area is 92.8 Å². The maximum absolute atomic E-state index is 9.18. The molecule has 2 heterocycles. The Kier molecular flexibility index (Phi) is 3.18. The van der Waals surface area contributed by atoms with Gasteiger partial charge >= 0.3 is 0 Å². The first kappa shape index (κ1) is 10.4. The van der Waals surface area contributed by atoms with Gasteiger partial charge < -0.3 is 10.1 Å². The van der Waals surface area contributed by atoms with E-state index in [-0.39, 0.29) is 12.5 Å². The molecule has 0 aliphatic heterocycles. The van der Waals surface area contributed by atoms with Crippen molar-refractivity contribution in [3.8, 4) is 10.6 Å². The van der Waals surface area contributed by atoms with Crippen LogP contribution in [-0.2, 0) is 0 Å². The van der Waals surface area contributed by atoms with Gasteiger partial charge in [0, 0.05) is 29.3 Å². The number of hydrogen-bond acceptors (Lipinski definition) is 3. The first-order chi connectivity index (χ1) is 7.35. The van der Waals surface area contributed by atoms with Gasteiger partial charge in [0.1, 0.15) is 5.01 Å². The number of thiazole rings is 1. The van der Waals surface area contributed by atoms with Gasteiger partial charge in [-0.3, -0.25) is 0 Å². The number of aliphatic hydroxyl groups is 1. The Bertz CT molecular complexity index is 404. The summed E-state index contributed by atoms with van der Waals surface area (Å²) >= 11 is 1.62. The molecule has 0 saturated carbocycles. The molecule has 0 saturated heterocycles. The smallest absolute Gasteiger partial charge is 0.125 e. The molecule has 4 heteroatoms. The number of aromatic nitrogens is 2. The molecule has 2 rings (SSSR count). The molecule has 15 heavy (non-hydrogen) atoms. The third-order valence-corrected chi connectivity index (χ3v) is 3.41. The van der Waals surface area contributed by atoms with E-state index in [2.05, 4.69) is 16.9 Å². The lowest BCUT2D eigenvalue weighted by atomic mass is 10.1. The van der Waals surface area contributed by atoms with Crippen LogP contribution in [0, 0.1) is 0 Å². The normalized spacial score (nSPS) is 12.9. The average Bonchev–Trinajstić information content (AvgIpc) is 2.89. The minimum Gasteiger partial charge on any atom is -0.396 e. The largest absolute Gasteiger partial charge is 0.396 e. The van der Waals surface area contributed by atoms with E-state index in [4.69, 9.17) is 0 Å². The molecule has 1 atom stereocenters. The molecule has 2 aromatic rings. The van der Waals surface area contributed by atoms with Gasteiger partial charge in [-0.25, -0.2) is 4.98 Å². The molecule has 0 amide bonds. The van der Waals surface area contributed by atoms with Crippen molar-refractivity contribution < 1.29 is 5.11 Å². The minimum atomic E-state index is 0.173. The summed E-state index contributed by atoms with van der Waals surface area (Å²) in [5.74, 6) is 0.175. The van der Waals surface area contributed by atoms with Crippen LogP contribution in [0.2, 0.25) is 0 Å². The van der Waals surface area contributed by atoms with Crippen LogP contribution in [0.1, 0.15) is 25.0 Å². The van der Waals surface area contributed by atoms with Crippen LogP contribution < -0.4 is 0 Å². The summed E-state index contributed by atoms with van der Waals surface area (Å²) in [4.78, 5) is 7.55. The molecule has 0 bridgehead atoms. The van der Waals surface area contributed by atoms with Crippen molar-refractivity contribution in [1.82, 2.24) is 9.97 Å². The van der Waals surface area contributed by atoms with Crippen LogP contribution in [0.4, 0.5) is 0 Å². The zero-order chi connectivity index (χ0) is 10.7. The molecule has 3 nitrogen and oxygen atoms in total. The monoisotopic (exact) mass is 222 g/mol. The van der Waals surface area contributed by atoms with Crippen LogP contribution in [-0.4, -0.2) is 21.7 Å². The van der Waals surface area contributed by atoms with E-state index in [1.54, 1.807) is 11.3 Å². The summed E-state index contributed by atoms with van der Waals surface area (Å²) in [5, 5.41) is 12.2. The van der Waals surface area contributed by atoms with Gasteiger partial charge in [0.25, 0.3) is 0 Å². The summed E-state index contributed by atoms with van der Waals surface area (Å²) in [6.45, 7) is 2.24. The van der Waals surface area contributed by atoms with E-state index >= 15 is 0 Å². The van der Waals surface area contributed by atoms with Crippen molar-refractivity contribution in [1.29, 1.82) is 0 Å². The molecule has 0 radical (unpaired) electrons. The quantitative estimate of drug-likeness (QED) is 0.835. The van der Waals surface area contributed by atoms with Crippen molar-refractivity contribution in [2.75, 3.05) is 6.61 Å². The number of rotatable bonds is 4. The van der Waals surface area contributed by atoms with Crippen molar-refractivity contribution in [2.24, 2.45) is 0 Å². The molecule has 0 aliphatic carbocycles. The summed E-state index contributed by atoms with van der Waals surface area (Å²) in [5.41, 5.74) is 2.11. The van der Waals surface area contributed by atoms with Crippen molar-refractivity contribution in [3.05, 3.63) is 29.5 Å². The Morgan fingerprint density at radius 2 is 2.47 bits per heavy atom. The number of nitrogens with one attached hydrogen (secondary N) is 1. The first-order valence-electron chi connectivity index (χ1n) is 5.04. The molecular formula is C11H14N2OS. The van der Waals surface area contributed by atoms with E-state index in [9.17, 15) is 5.11 Å². The molecule has 0 aromatic carbocycles. The van der Waals surface area contributed by atoms with Crippen molar-refractivity contribution >= 4 is 11.3 Å². The molecule has 80 valence electrons. The Balaban J connectivity index is 2.24. The van der Waals surface area contributed by atoms with Crippen LogP contribution in [0.15, 0.2) is 23.8 Å². The lowest BCUT2D eigenvalue weighted by Gasteiger charge is -2.06. The zero-order valence-corrected chi connectivity index (χ0v) is 9.42. The number of aromatic amines is 1. The summed E-state index contributed by atoms with van der Waals surface area (Å²) in [6, 6.07) is 2.00. The lowest BCUT2D eigenvalue weighted by Crippen LogP contribution is -2.02. The molecule has 0 fully saturated rings. The minimum absolute atomic E-state index is 0.173. The highest BCUT2D eigenvalue weighted by molar-refractivity contribution is 7.13. The Morgan fingerprint density at radius 3 is 3.07 bits per heavy atom. The highest BCUT2D eigenvalue weighted by atomic mass is 32.1. The van der Waals surface area contributed by atoms with E-state index in [1.165, 1.54) is 0 Å². The second-order valence-electron chi connectivity index (χ2n) is 3.46. The second-order valence-corrected chi connectivity index (χ2v) is 4.32. The van der Waals surface area contributed by atoms with Gasteiger partial charge in [0.15, 0.2) is 0 Å². The van der Waals surface area contributed by atoms with Crippen molar-refractivity contribution in [3.63, 3.8) is 0 Å². The Hall–Kier alpha value is -1.13. The molecule has 2 aromatic heterocycles. The molecule has 1 unspecified atom stereocenters. The van der Waals surface area contributed by atoms with E-state index < -0.39 is 0 Å². The number of nitrogens with zero attached hydrogens (tertiary/aromatic N) is 1. The van der Waals surface area contributed by atoms with Crippen LogP contribution in [0.25, 0.3) is 10.6 Å². The third-order valence-electron chi connectivity index (χ3n) is 2.50. The molecular weight excluding hydrogens is 208 g/mol. The molecule has 2 N–H and O–H groups in total. The number of H-pyrrole nitrogens is 1. The predicted molar refractivity (Wildman–Crippen MR) is 62.0 cm³/mol. The summed E-state index contributed by atoms with van der Waals surface area (Å²) in [6.07, 6.45) is 4.75. The highest BCUT2D eigenvalue weighted by Gasteiger charge is 2.12. The second kappa shape index (κ2) is 4.59. The number of aliphatic hydroxyl groups excluding tert-OH is 1. The fraction of sp³-hybridized carbons (Fsp3) is 0.364. The van der Waals surface area contributed by atoms with Gasteiger partial charge in [0.2, 0.25) is 0 Å². The van der Waals surface area contributed by atoms with Gasteiger partial charge in [-0.05, 0) is 12.5 Å². The number of hydrogen-bond donors (Lipinski definition) is 2. The maximum atomic E-state index is 9.18. The molecule has 0 spiro atoms. The average molecular weight is 222 g/mol. The molecule has 0 aliphatic rings. The highest BCUT2D eigenvalue weighted by Crippen LogP contribution is 2.27. The van der Waals surface area contributed by atoms with E-state index in [0.29, 0.717) is 0 Å². The van der Waals surface area contributed by atoms with Gasteiger partial charge in [-0.15, -0.1) is 11.3 Å². The summed E-state index contributed by atoms with van der Waals surface area (Å²) < 4.78 is 0. The SMILES string of the molecule is CCC(CO)c1csc(-c2cc[nH]c2)n1. The van der Waals surface area contributed by atoms with Crippen LogP contribution in [0.3, 0.4) is 0 Å². The van der Waals surface area contributed by atoms with Crippen LogP contribution in [0.5, 0.6) is 0 Å². The summed E-state index contributed by atoms with van der Waals surface area (Å²) in [7, 11) is 0. The predicted octanol–water partition coefficient (Wildman–Crippen LogP) is 2.62. The maximum Gasteiger partial charge on any atom is 0.125 e. The van der Waals surface area contributed by atoms with Gasteiger partial charge in [-0.2, -0.15) is 0 Å². The zero-order valence-electron chi connectivity index (χ0n) is 8.60.